The molecule has 1 aliphatic rings. The molecule has 0 bridgehead atoms. The van der Waals surface area contributed by atoms with Gasteiger partial charge in [-0.1, -0.05) is 19.0 Å². The average Bonchev–Trinajstić information content (AvgIpc) is 3.08. The third kappa shape index (κ3) is 1.94. The molecule has 3 heterocycles. The Morgan fingerprint density at radius 1 is 1.53 bits per heavy atom. The lowest BCUT2D eigenvalue weighted by Crippen LogP contribution is -2.35. The zero-order chi connectivity index (χ0) is 13.5. The first kappa shape index (κ1) is 12.3. The smallest absolute Gasteiger partial charge is 0.235 e. The Bertz CT molecular complexity index is 593. The van der Waals surface area contributed by atoms with E-state index in [9.17, 15) is 4.79 Å². The van der Waals surface area contributed by atoms with Crippen LogP contribution in [0, 0.1) is 5.92 Å². The third-order valence-electron chi connectivity index (χ3n) is 3.69. The summed E-state index contributed by atoms with van der Waals surface area (Å²) in [7, 11) is 0. The van der Waals surface area contributed by atoms with Gasteiger partial charge in [0.05, 0.1) is 15.8 Å². The average molecular weight is 278 g/mol. The quantitative estimate of drug-likeness (QED) is 0.922. The fourth-order valence-electron chi connectivity index (χ4n) is 2.33. The first-order valence-electron chi connectivity index (χ1n) is 6.11. The standard InChI is InChI=1S/C12H14N4O2S/c1-7(2)12(3-9(17)14-5-12)11-15-10(16-18-11)8-4-13-6-19-8/h4,6-7H,3,5H2,1-2H3,(H,14,17). The van der Waals surface area contributed by atoms with E-state index in [1.165, 1.54) is 11.3 Å². The molecule has 19 heavy (non-hydrogen) atoms. The van der Waals surface area contributed by atoms with Gasteiger partial charge in [0.25, 0.3) is 0 Å². The molecule has 2 aromatic rings. The number of carbonyl (C=O) groups is 1. The molecule has 0 aromatic carbocycles. The summed E-state index contributed by atoms with van der Waals surface area (Å²) in [6.07, 6.45) is 2.11. The van der Waals surface area contributed by atoms with Crippen LogP contribution in [0.25, 0.3) is 10.7 Å². The number of hydrogen-bond acceptors (Lipinski definition) is 6. The summed E-state index contributed by atoms with van der Waals surface area (Å²) >= 11 is 1.46. The predicted octanol–water partition coefficient (Wildman–Crippen LogP) is 1.61. The minimum Gasteiger partial charge on any atom is -0.355 e. The largest absolute Gasteiger partial charge is 0.355 e. The summed E-state index contributed by atoms with van der Waals surface area (Å²) in [4.78, 5) is 20.9. The molecule has 1 amide bonds. The molecule has 1 unspecified atom stereocenters. The van der Waals surface area contributed by atoms with E-state index < -0.39 is 5.41 Å². The van der Waals surface area contributed by atoms with Gasteiger partial charge in [0, 0.05) is 19.2 Å². The molecule has 7 heteroatoms. The van der Waals surface area contributed by atoms with Crippen molar-refractivity contribution in [2.24, 2.45) is 5.92 Å². The van der Waals surface area contributed by atoms with Gasteiger partial charge in [-0.05, 0) is 5.92 Å². The molecule has 1 aliphatic heterocycles. The molecule has 1 N–H and O–H groups in total. The highest BCUT2D eigenvalue weighted by atomic mass is 32.1. The van der Waals surface area contributed by atoms with E-state index in [4.69, 9.17) is 4.52 Å². The molecule has 3 rings (SSSR count). The van der Waals surface area contributed by atoms with Gasteiger partial charge in [0.1, 0.15) is 0 Å². The van der Waals surface area contributed by atoms with Crippen molar-refractivity contribution in [3.8, 4) is 10.7 Å². The summed E-state index contributed by atoms with van der Waals surface area (Å²) in [6.45, 7) is 4.68. The van der Waals surface area contributed by atoms with Crippen LogP contribution >= 0.6 is 11.3 Å². The molecule has 100 valence electrons. The number of rotatable bonds is 3. The Labute approximate surface area is 114 Å². The van der Waals surface area contributed by atoms with Crippen LogP contribution < -0.4 is 5.32 Å². The van der Waals surface area contributed by atoms with E-state index in [1.807, 2.05) is 0 Å². The lowest BCUT2D eigenvalue weighted by molar-refractivity contribution is -0.119. The van der Waals surface area contributed by atoms with Gasteiger partial charge in [-0.2, -0.15) is 4.98 Å². The first-order chi connectivity index (χ1) is 9.12. The zero-order valence-electron chi connectivity index (χ0n) is 10.7. The molecule has 1 fully saturated rings. The molecule has 0 spiro atoms. The summed E-state index contributed by atoms with van der Waals surface area (Å²) < 4.78 is 5.41. The first-order valence-corrected chi connectivity index (χ1v) is 6.99. The molecule has 2 aromatic heterocycles. The van der Waals surface area contributed by atoms with Crippen LogP contribution in [0.2, 0.25) is 0 Å². The summed E-state index contributed by atoms with van der Waals surface area (Å²) in [5, 5.41) is 6.86. The van der Waals surface area contributed by atoms with Crippen LogP contribution in [0.4, 0.5) is 0 Å². The number of amides is 1. The SMILES string of the molecule is CC(C)C1(c2nc(-c3cncs3)no2)CNC(=O)C1. The van der Waals surface area contributed by atoms with Gasteiger partial charge in [0.15, 0.2) is 0 Å². The molecule has 6 nitrogen and oxygen atoms in total. The highest BCUT2D eigenvalue weighted by molar-refractivity contribution is 7.13. The second-order valence-corrected chi connectivity index (χ2v) is 5.94. The number of nitrogens with zero attached hydrogens (tertiary/aromatic N) is 3. The number of nitrogens with one attached hydrogen (secondary N) is 1. The van der Waals surface area contributed by atoms with Crippen molar-refractivity contribution in [1.82, 2.24) is 20.4 Å². The van der Waals surface area contributed by atoms with Crippen LogP contribution in [0.1, 0.15) is 26.2 Å². The number of hydrogen-bond donors (Lipinski definition) is 1. The van der Waals surface area contributed by atoms with Crippen LogP contribution in [0.3, 0.4) is 0 Å². The molecular weight excluding hydrogens is 264 g/mol. The summed E-state index contributed by atoms with van der Waals surface area (Å²) in [6, 6.07) is 0. The minimum atomic E-state index is -0.396. The Hall–Kier alpha value is -1.76. The normalized spacial score (nSPS) is 23.0. The lowest BCUT2D eigenvalue weighted by atomic mass is 9.76. The Balaban J connectivity index is 1.99. The molecule has 1 atom stereocenters. The summed E-state index contributed by atoms with van der Waals surface area (Å²) in [5.41, 5.74) is 1.33. The van der Waals surface area contributed by atoms with Gasteiger partial charge in [-0.3, -0.25) is 9.78 Å². The summed E-state index contributed by atoms with van der Waals surface area (Å²) in [5.74, 6) is 1.34. The lowest BCUT2D eigenvalue weighted by Gasteiger charge is -2.26. The Morgan fingerprint density at radius 3 is 2.95 bits per heavy atom. The van der Waals surface area contributed by atoms with Crippen molar-refractivity contribution in [3.63, 3.8) is 0 Å². The highest BCUT2D eigenvalue weighted by Gasteiger charge is 2.47. The maximum atomic E-state index is 11.6. The monoisotopic (exact) mass is 278 g/mol. The molecule has 0 aliphatic carbocycles. The highest BCUT2D eigenvalue weighted by Crippen LogP contribution is 2.38. The van der Waals surface area contributed by atoms with Crippen molar-refractivity contribution in [2.45, 2.75) is 25.7 Å². The number of thiazole rings is 1. The van der Waals surface area contributed by atoms with E-state index in [0.29, 0.717) is 24.7 Å². The van der Waals surface area contributed by atoms with Crippen molar-refractivity contribution < 1.29 is 9.32 Å². The molecular formula is C12H14N4O2S. The number of carbonyl (C=O) groups excluding carboxylic acids is 1. The van der Waals surface area contributed by atoms with Gasteiger partial charge in [0.2, 0.25) is 17.6 Å². The van der Waals surface area contributed by atoms with Crippen molar-refractivity contribution in [2.75, 3.05) is 6.54 Å². The van der Waals surface area contributed by atoms with Crippen molar-refractivity contribution in [3.05, 3.63) is 17.6 Å². The molecule has 0 saturated carbocycles. The van der Waals surface area contributed by atoms with Crippen molar-refractivity contribution in [1.29, 1.82) is 0 Å². The van der Waals surface area contributed by atoms with Gasteiger partial charge in [-0.15, -0.1) is 11.3 Å². The van der Waals surface area contributed by atoms with Gasteiger partial charge in [-0.25, -0.2) is 0 Å². The van der Waals surface area contributed by atoms with Crippen LogP contribution in [-0.2, 0) is 10.2 Å². The third-order valence-corrected chi connectivity index (χ3v) is 4.46. The van der Waals surface area contributed by atoms with E-state index in [2.05, 4.69) is 34.3 Å². The molecule has 0 radical (unpaired) electrons. The van der Waals surface area contributed by atoms with Crippen LogP contribution in [0.15, 0.2) is 16.2 Å². The van der Waals surface area contributed by atoms with E-state index in [0.717, 1.165) is 4.88 Å². The van der Waals surface area contributed by atoms with E-state index in [-0.39, 0.29) is 11.8 Å². The van der Waals surface area contributed by atoms with E-state index >= 15 is 0 Å². The fraction of sp³-hybridized carbons (Fsp3) is 0.500. The van der Waals surface area contributed by atoms with Crippen molar-refractivity contribution >= 4 is 17.2 Å². The Morgan fingerprint density at radius 2 is 2.37 bits per heavy atom. The van der Waals surface area contributed by atoms with Gasteiger partial charge < -0.3 is 9.84 Å². The zero-order valence-corrected chi connectivity index (χ0v) is 11.5. The minimum absolute atomic E-state index is 0.0336. The second kappa shape index (κ2) is 4.41. The van der Waals surface area contributed by atoms with Crippen LogP contribution in [-0.4, -0.2) is 27.6 Å². The topological polar surface area (TPSA) is 80.9 Å². The maximum Gasteiger partial charge on any atom is 0.235 e. The van der Waals surface area contributed by atoms with E-state index in [1.54, 1.807) is 11.7 Å². The number of aromatic nitrogens is 3. The Kier molecular flexibility index (Phi) is 2.85. The predicted molar refractivity (Wildman–Crippen MR) is 69.5 cm³/mol. The molecule has 1 saturated heterocycles. The second-order valence-electron chi connectivity index (χ2n) is 5.05. The fourth-order valence-corrected chi connectivity index (χ4v) is 2.87. The van der Waals surface area contributed by atoms with Crippen LogP contribution in [0.5, 0.6) is 0 Å². The van der Waals surface area contributed by atoms with Gasteiger partial charge >= 0.3 is 0 Å². The maximum absolute atomic E-state index is 11.6.